The maximum Gasteiger partial charge on any atom is 0.270 e. The summed E-state index contributed by atoms with van der Waals surface area (Å²) in [5, 5.41) is 12.3. The van der Waals surface area contributed by atoms with Gasteiger partial charge in [0, 0.05) is 24.3 Å². The van der Waals surface area contributed by atoms with Gasteiger partial charge < -0.3 is 16.2 Å². The van der Waals surface area contributed by atoms with E-state index in [1.54, 1.807) is 18.2 Å². The molecule has 0 spiro atoms. The zero-order valence-electron chi connectivity index (χ0n) is 14.3. The van der Waals surface area contributed by atoms with Crippen LogP contribution in [0.1, 0.15) is 54.7 Å². The lowest BCUT2D eigenvalue weighted by Gasteiger charge is -2.61. The average Bonchev–Trinajstić information content (AvgIpc) is 2.53. The fraction of sp³-hybridized carbons (Fsp3) is 0.632. The van der Waals surface area contributed by atoms with Crippen molar-refractivity contribution in [3.63, 3.8) is 0 Å². The standard InChI is InChI=1S/C19H25N3O3/c20-17(25)18-7-12-6-13(8-18)10-19(9-12,11-18)22-16(24)15-3-1-2-14(21-15)4-5-23/h1-3,12-13,23H,4-11H2,(H2,20,25)(H,22,24). The highest BCUT2D eigenvalue weighted by Crippen LogP contribution is 2.61. The molecule has 4 bridgehead atoms. The highest BCUT2D eigenvalue weighted by atomic mass is 16.3. The molecular weight excluding hydrogens is 318 g/mol. The number of hydrogen-bond acceptors (Lipinski definition) is 4. The molecule has 1 aromatic rings. The van der Waals surface area contributed by atoms with Crippen molar-refractivity contribution in [3.8, 4) is 0 Å². The molecule has 2 amide bonds. The Morgan fingerprint density at radius 2 is 1.96 bits per heavy atom. The largest absolute Gasteiger partial charge is 0.396 e. The van der Waals surface area contributed by atoms with E-state index in [2.05, 4.69) is 10.3 Å². The van der Waals surface area contributed by atoms with Crippen molar-refractivity contribution in [2.45, 2.75) is 50.5 Å². The molecule has 1 aromatic heterocycles. The fourth-order valence-corrected chi connectivity index (χ4v) is 5.86. The van der Waals surface area contributed by atoms with Gasteiger partial charge in [0.05, 0.1) is 5.41 Å². The summed E-state index contributed by atoms with van der Waals surface area (Å²) in [4.78, 5) is 29.3. The predicted molar refractivity (Wildman–Crippen MR) is 91.5 cm³/mol. The van der Waals surface area contributed by atoms with E-state index in [1.165, 1.54) is 0 Å². The Kier molecular flexibility index (Phi) is 3.83. The molecule has 0 aromatic carbocycles. The lowest BCUT2D eigenvalue weighted by atomic mass is 9.46. The molecule has 6 nitrogen and oxygen atoms in total. The van der Waals surface area contributed by atoms with Gasteiger partial charge in [0.2, 0.25) is 5.91 Å². The number of primary amides is 1. The zero-order chi connectivity index (χ0) is 17.7. The summed E-state index contributed by atoms with van der Waals surface area (Å²) in [5.41, 5.74) is 6.06. The Bertz CT molecular complexity index is 704. The molecule has 4 N–H and O–H groups in total. The van der Waals surface area contributed by atoms with Crippen molar-refractivity contribution in [3.05, 3.63) is 29.6 Å². The summed E-state index contributed by atoms with van der Waals surface area (Å²) < 4.78 is 0. The van der Waals surface area contributed by atoms with Crippen LogP contribution in [0.15, 0.2) is 18.2 Å². The molecular formula is C19H25N3O3. The number of carbonyl (C=O) groups excluding carboxylic acids is 2. The lowest BCUT2D eigenvalue weighted by Crippen LogP contribution is -2.65. The molecule has 5 rings (SSSR count). The number of hydrogen-bond donors (Lipinski definition) is 3. The zero-order valence-corrected chi connectivity index (χ0v) is 14.3. The number of aliphatic hydroxyl groups is 1. The van der Waals surface area contributed by atoms with Crippen LogP contribution in [0.3, 0.4) is 0 Å². The molecule has 2 atom stereocenters. The third-order valence-electron chi connectivity index (χ3n) is 6.37. The molecule has 4 aliphatic carbocycles. The predicted octanol–water partition coefficient (Wildman–Crippen LogP) is 1.17. The van der Waals surface area contributed by atoms with E-state index in [-0.39, 0.29) is 24.0 Å². The van der Waals surface area contributed by atoms with Crippen molar-refractivity contribution in [1.29, 1.82) is 0 Å². The van der Waals surface area contributed by atoms with Crippen LogP contribution in [-0.4, -0.2) is 34.1 Å². The number of rotatable bonds is 5. The number of aliphatic hydroxyl groups excluding tert-OH is 1. The van der Waals surface area contributed by atoms with Crippen LogP contribution < -0.4 is 11.1 Å². The first kappa shape index (κ1) is 16.5. The number of amides is 2. The molecule has 0 saturated heterocycles. The van der Waals surface area contributed by atoms with Gasteiger partial charge in [-0.2, -0.15) is 0 Å². The third-order valence-corrected chi connectivity index (χ3v) is 6.37. The second-order valence-electron chi connectivity index (χ2n) is 8.33. The van der Waals surface area contributed by atoms with Crippen LogP contribution in [0.25, 0.3) is 0 Å². The smallest absolute Gasteiger partial charge is 0.270 e. The van der Waals surface area contributed by atoms with Crippen molar-refractivity contribution >= 4 is 11.8 Å². The van der Waals surface area contributed by atoms with Crippen molar-refractivity contribution in [2.24, 2.45) is 23.0 Å². The van der Waals surface area contributed by atoms with E-state index in [0.717, 1.165) is 32.1 Å². The summed E-state index contributed by atoms with van der Waals surface area (Å²) in [6.07, 6.45) is 5.85. The quantitative estimate of drug-likeness (QED) is 0.746. The number of aromatic nitrogens is 1. The second kappa shape index (κ2) is 5.80. The number of pyridine rings is 1. The van der Waals surface area contributed by atoms with Crippen LogP contribution in [0.4, 0.5) is 0 Å². The van der Waals surface area contributed by atoms with Crippen LogP contribution in [0.2, 0.25) is 0 Å². The maximum absolute atomic E-state index is 12.8. The number of nitrogens with zero attached hydrogens (tertiary/aromatic N) is 1. The Hall–Kier alpha value is -1.95. The summed E-state index contributed by atoms with van der Waals surface area (Å²) in [6, 6.07) is 5.29. The Morgan fingerprint density at radius 3 is 2.60 bits per heavy atom. The van der Waals surface area contributed by atoms with Gasteiger partial charge in [0.15, 0.2) is 0 Å². The minimum absolute atomic E-state index is 0.00645. The molecule has 4 fully saturated rings. The van der Waals surface area contributed by atoms with Crippen LogP contribution >= 0.6 is 0 Å². The Morgan fingerprint density at radius 1 is 1.24 bits per heavy atom. The molecule has 1 heterocycles. The molecule has 6 heteroatoms. The van der Waals surface area contributed by atoms with Crippen LogP contribution in [-0.2, 0) is 11.2 Å². The molecule has 25 heavy (non-hydrogen) atoms. The lowest BCUT2D eigenvalue weighted by molar-refractivity contribution is -0.146. The summed E-state index contributed by atoms with van der Waals surface area (Å²) in [7, 11) is 0. The first-order valence-corrected chi connectivity index (χ1v) is 9.13. The van der Waals surface area contributed by atoms with Crippen molar-refractivity contribution in [1.82, 2.24) is 10.3 Å². The van der Waals surface area contributed by atoms with Gasteiger partial charge in [-0.25, -0.2) is 4.98 Å². The number of nitrogens with one attached hydrogen (secondary N) is 1. The van der Waals surface area contributed by atoms with Crippen LogP contribution in [0.5, 0.6) is 0 Å². The highest BCUT2D eigenvalue weighted by Gasteiger charge is 2.60. The summed E-state index contributed by atoms with van der Waals surface area (Å²) >= 11 is 0. The summed E-state index contributed by atoms with van der Waals surface area (Å²) in [6.45, 7) is 0.00645. The SMILES string of the molecule is NC(=O)C12CC3CC(CC(NC(=O)c4cccc(CCO)n4)(C3)C1)C2. The van der Waals surface area contributed by atoms with E-state index in [1.807, 2.05) is 0 Å². The van der Waals surface area contributed by atoms with Gasteiger partial charge in [0.25, 0.3) is 5.91 Å². The second-order valence-corrected chi connectivity index (χ2v) is 8.33. The molecule has 0 radical (unpaired) electrons. The molecule has 0 aliphatic heterocycles. The van der Waals surface area contributed by atoms with Gasteiger partial charge >= 0.3 is 0 Å². The maximum atomic E-state index is 12.8. The monoisotopic (exact) mass is 343 g/mol. The Labute approximate surface area is 147 Å². The number of carbonyl (C=O) groups is 2. The third kappa shape index (κ3) is 2.82. The first-order valence-electron chi connectivity index (χ1n) is 9.13. The van der Waals surface area contributed by atoms with E-state index in [4.69, 9.17) is 10.8 Å². The molecule has 2 unspecified atom stereocenters. The highest BCUT2D eigenvalue weighted by molar-refractivity contribution is 5.93. The first-order chi connectivity index (χ1) is 11.9. The van der Waals surface area contributed by atoms with Gasteiger partial charge in [-0.3, -0.25) is 9.59 Å². The van der Waals surface area contributed by atoms with E-state index >= 15 is 0 Å². The average molecular weight is 343 g/mol. The van der Waals surface area contributed by atoms with Gasteiger partial charge in [-0.15, -0.1) is 0 Å². The summed E-state index contributed by atoms with van der Waals surface area (Å²) in [5.74, 6) is 0.551. The molecule has 4 aliphatic rings. The Balaban J connectivity index is 1.57. The van der Waals surface area contributed by atoms with E-state index in [0.29, 0.717) is 36.1 Å². The normalized spacial score (nSPS) is 35.6. The van der Waals surface area contributed by atoms with Gasteiger partial charge in [-0.1, -0.05) is 6.07 Å². The van der Waals surface area contributed by atoms with Gasteiger partial charge in [0.1, 0.15) is 5.69 Å². The van der Waals surface area contributed by atoms with Crippen molar-refractivity contribution < 1.29 is 14.7 Å². The topological polar surface area (TPSA) is 105 Å². The van der Waals surface area contributed by atoms with E-state index < -0.39 is 5.41 Å². The minimum Gasteiger partial charge on any atom is -0.396 e. The fourth-order valence-electron chi connectivity index (χ4n) is 5.86. The van der Waals surface area contributed by atoms with Gasteiger partial charge in [-0.05, 0) is 62.5 Å². The molecule has 4 saturated carbocycles. The minimum atomic E-state index is -0.441. The number of nitrogens with two attached hydrogens (primary N) is 1. The van der Waals surface area contributed by atoms with Crippen LogP contribution in [0, 0.1) is 17.3 Å². The molecule has 134 valence electrons. The van der Waals surface area contributed by atoms with E-state index in [9.17, 15) is 9.59 Å². The van der Waals surface area contributed by atoms with Crippen molar-refractivity contribution in [2.75, 3.05) is 6.61 Å².